The van der Waals surface area contributed by atoms with E-state index in [4.69, 9.17) is 0 Å². The molecule has 8 rings (SSSR count). The maximum Gasteiger partial charge on any atom is 0.147 e. The number of rotatable bonds is 9. The molecule has 0 amide bonds. The molecule has 7 aromatic rings. The molecule has 1 unspecified atom stereocenters. The topological polar surface area (TPSA) is 35.6 Å². The smallest absolute Gasteiger partial charge is 0.147 e. The van der Waals surface area contributed by atoms with Crippen molar-refractivity contribution in [2.24, 2.45) is 0 Å². The van der Waals surface area contributed by atoms with Crippen LogP contribution >= 0.6 is 0 Å². The lowest BCUT2D eigenvalue weighted by atomic mass is 9.77. The first kappa shape index (κ1) is 44.0. The van der Waals surface area contributed by atoms with Gasteiger partial charge < -0.3 is 0 Å². The number of para-hydroxylation sites is 1. The van der Waals surface area contributed by atoms with Crippen LogP contribution in [-0.2, 0) is 6.42 Å². The Hall–Kier alpha value is -5.55. The lowest BCUT2D eigenvalue weighted by molar-refractivity contribution is 0.613. The molecule has 0 saturated carbocycles. The summed E-state index contributed by atoms with van der Waals surface area (Å²) in [7, 11) is 0. The molecule has 312 valence electrons. The van der Waals surface area contributed by atoms with Gasteiger partial charge in [-0.2, -0.15) is 0 Å². The summed E-state index contributed by atoms with van der Waals surface area (Å²) in [5, 5.41) is 0. The van der Waals surface area contributed by atoms with E-state index in [0.29, 0.717) is 41.0 Å². The third-order valence-electron chi connectivity index (χ3n) is 11.5. The highest BCUT2D eigenvalue weighted by Crippen LogP contribution is 2.42. The van der Waals surface area contributed by atoms with Crippen molar-refractivity contribution in [1.82, 2.24) is 19.1 Å². The van der Waals surface area contributed by atoms with Crippen LogP contribution < -0.4 is 0 Å². The first-order chi connectivity index (χ1) is 29.0. The van der Waals surface area contributed by atoms with Gasteiger partial charge in [-0.25, -0.2) is 14.4 Å². The van der Waals surface area contributed by atoms with E-state index in [9.17, 15) is 4.39 Å². The van der Waals surface area contributed by atoms with Crippen molar-refractivity contribution in [1.29, 1.82) is 0 Å². The molecule has 0 radical (unpaired) electrons. The maximum atomic E-state index is 14.8. The molecule has 1 aliphatic carbocycles. The highest BCUT2D eigenvalue weighted by atomic mass is 19.1. The van der Waals surface area contributed by atoms with Crippen LogP contribution in [-0.4, -0.2) is 19.1 Å². The predicted octanol–water partition coefficient (Wildman–Crippen LogP) is 15.6. The Morgan fingerprint density at radius 2 is 1.08 bits per heavy atom. The maximum absolute atomic E-state index is 14.8. The second kappa shape index (κ2) is 20.1. The first-order valence-corrected chi connectivity index (χ1v) is 22.2. The summed E-state index contributed by atoms with van der Waals surface area (Å²) in [5.41, 5.74) is 13.8. The highest BCUT2D eigenvalue weighted by Gasteiger charge is 2.27. The second-order valence-corrected chi connectivity index (χ2v) is 17.4. The fraction of sp³-hybridized carbons (Fsp3) is 0.345. The van der Waals surface area contributed by atoms with Gasteiger partial charge in [0.15, 0.2) is 0 Å². The molecule has 5 heteroatoms. The van der Waals surface area contributed by atoms with E-state index >= 15 is 0 Å². The summed E-state index contributed by atoms with van der Waals surface area (Å²) in [6.45, 7) is 22.3. The number of aryl methyl sites for hydroxylation is 1. The molecule has 60 heavy (non-hydrogen) atoms. The number of hydrogen-bond donors (Lipinski definition) is 0. The van der Waals surface area contributed by atoms with Gasteiger partial charge in [0.25, 0.3) is 0 Å². The summed E-state index contributed by atoms with van der Waals surface area (Å²) >= 11 is 0. The summed E-state index contributed by atoms with van der Waals surface area (Å²) < 4.78 is 19.1. The molecule has 1 aliphatic rings. The number of halogens is 1. The van der Waals surface area contributed by atoms with Crippen LogP contribution in [0.2, 0.25) is 0 Å². The molecule has 2 aromatic heterocycles. The fourth-order valence-corrected chi connectivity index (χ4v) is 8.56. The van der Waals surface area contributed by atoms with Gasteiger partial charge in [-0.1, -0.05) is 173 Å². The lowest BCUT2D eigenvalue weighted by Crippen LogP contribution is -2.14. The number of hydrogen-bond acceptors (Lipinski definition) is 2. The van der Waals surface area contributed by atoms with Crippen molar-refractivity contribution < 1.29 is 4.39 Å². The average molecular weight is 801 g/mol. The standard InChI is InChI=1S/C31H33FN2.C21H24N2.C3H8/c1-20(2)27-18-23(25-14-9-11-22-10-5-6-12-24(22)25)19-28(21(3)4)30(27)34-17-16-33-31(34)26-13-7-8-15-29(26)32;1-15(2)18-11-8-12-19(16(3)4)20(18)23-14-13-22-21(23)17-9-6-5-7-10-17;1-3-2/h5-8,10,12-13,15-21,25H,9,11,14H2,1-4H3;5-16H,1-4H3;3H2,1-2H3. The number of aromatic nitrogens is 4. The van der Waals surface area contributed by atoms with E-state index in [1.54, 1.807) is 12.3 Å². The minimum Gasteiger partial charge on any atom is -0.299 e. The van der Waals surface area contributed by atoms with E-state index in [2.05, 4.69) is 173 Å². The second-order valence-electron chi connectivity index (χ2n) is 17.4. The van der Waals surface area contributed by atoms with Gasteiger partial charge in [-0.15, -0.1) is 0 Å². The largest absolute Gasteiger partial charge is 0.299 e. The Morgan fingerprint density at radius 3 is 1.67 bits per heavy atom. The van der Waals surface area contributed by atoms with E-state index < -0.39 is 0 Å². The van der Waals surface area contributed by atoms with Crippen molar-refractivity contribution in [2.75, 3.05) is 0 Å². The number of fused-ring (bicyclic) bond motifs is 1. The zero-order valence-electron chi connectivity index (χ0n) is 37.6. The quantitative estimate of drug-likeness (QED) is 0.146. The Labute approximate surface area is 359 Å². The van der Waals surface area contributed by atoms with Gasteiger partial charge in [0.1, 0.15) is 17.5 Å². The van der Waals surface area contributed by atoms with E-state index in [0.717, 1.165) is 17.1 Å². The molecule has 1 atom stereocenters. The van der Waals surface area contributed by atoms with Crippen LogP contribution in [0, 0.1) is 5.82 Å². The zero-order chi connectivity index (χ0) is 42.9. The first-order valence-electron chi connectivity index (χ1n) is 22.2. The van der Waals surface area contributed by atoms with Crippen LogP contribution in [0.3, 0.4) is 0 Å². The fourth-order valence-electron chi connectivity index (χ4n) is 8.56. The van der Waals surface area contributed by atoms with Gasteiger partial charge in [-0.05, 0) is 94.0 Å². The van der Waals surface area contributed by atoms with Crippen molar-refractivity contribution >= 4 is 0 Å². The SMILES string of the molecule is CC(C)c1cc(C2CCCc3ccccc32)cc(C(C)C)c1-n1ccnc1-c1ccccc1F.CC(C)c1cccc(C(C)C)c1-n1ccnc1-c1ccccc1.CCC. The van der Waals surface area contributed by atoms with Gasteiger partial charge in [0.2, 0.25) is 0 Å². The third-order valence-corrected chi connectivity index (χ3v) is 11.5. The summed E-state index contributed by atoms with van der Waals surface area (Å²) in [4.78, 5) is 9.22. The van der Waals surface area contributed by atoms with E-state index in [1.807, 2.05) is 30.6 Å². The molecule has 2 heterocycles. The molecule has 0 spiro atoms. The van der Waals surface area contributed by atoms with Gasteiger partial charge in [-0.3, -0.25) is 9.13 Å². The third kappa shape index (κ3) is 9.57. The van der Waals surface area contributed by atoms with E-state index in [1.165, 1.54) is 76.4 Å². The lowest BCUT2D eigenvalue weighted by Gasteiger charge is -2.29. The molecule has 0 N–H and O–H groups in total. The summed E-state index contributed by atoms with van der Waals surface area (Å²) in [5.74, 6) is 3.40. The van der Waals surface area contributed by atoms with Gasteiger partial charge in [0, 0.05) is 36.3 Å². The van der Waals surface area contributed by atoms with Crippen LogP contribution in [0.5, 0.6) is 0 Å². The molecular formula is C55H65FN4. The van der Waals surface area contributed by atoms with Crippen LogP contribution in [0.4, 0.5) is 4.39 Å². The minimum absolute atomic E-state index is 0.248. The molecule has 5 aromatic carbocycles. The Bertz CT molecular complexity index is 2390. The van der Waals surface area contributed by atoms with Crippen LogP contribution in [0.15, 0.2) is 134 Å². The number of imidazole rings is 2. The van der Waals surface area contributed by atoms with Gasteiger partial charge >= 0.3 is 0 Å². The normalized spacial score (nSPS) is 13.6. The van der Waals surface area contributed by atoms with Crippen molar-refractivity contribution in [3.05, 3.63) is 179 Å². The molecule has 4 nitrogen and oxygen atoms in total. The Morgan fingerprint density at radius 1 is 0.583 bits per heavy atom. The summed E-state index contributed by atoms with van der Waals surface area (Å²) in [6.07, 6.45) is 12.5. The average Bonchev–Trinajstić information content (AvgIpc) is 3.94. The van der Waals surface area contributed by atoms with Gasteiger partial charge in [0.05, 0.1) is 16.9 Å². The van der Waals surface area contributed by atoms with E-state index in [-0.39, 0.29) is 5.82 Å². The number of nitrogens with zero attached hydrogens (tertiary/aromatic N) is 4. The van der Waals surface area contributed by atoms with Crippen LogP contribution in [0.1, 0.15) is 157 Å². The Kier molecular flexibility index (Phi) is 14.8. The Balaban J connectivity index is 0.000000202. The molecule has 0 fully saturated rings. The monoisotopic (exact) mass is 801 g/mol. The van der Waals surface area contributed by atoms with Crippen molar-refractivity contribution in [3.63, 3.8) is 0 Å². The number of benzene rings is 5. The molecule has 0 aliphatic heterocycles. The molecule has 0 bridgehead atoms. The highest BCUT2D eigenvalue weighted by molar-refractivity contribution is 5.65. The van der Waals surface area contributed by atoms with Crippen molar-refractivity contribution in [2.45, 2.75) is 125 Å². The molecular weight excluding hydrogens is 736 g/mol. The molecule has 0 saturated heterocycles. The van der Waals surface area contributed by atoms with Crippen LogP contribution in [0.25, 0.3) is 34.2 Å². The predicted molar refractivity (Wildman–Crippen MR) is 252 cm³/mol. The zero-order valence-corrected chi connectivity index (χ0v) is 37.6. The summed E-state index contributed by atoms with van der Waals surface area (Å²) in [6, 6.07) is 37.7. The minimum atomic E-state index is -0.248. The van der Waals surface area contributed by atoms with Crippen molar-refractivity contribution in [3.8, 4) is 34.2 Å².